The quantitative estimate of drug-likeness (QED) is 0.923. The monoisotopic (exact) mass is 273 g/mol. The maximum Gasteiger partial charge on any atom is 0.259 e. The van der Waals surface area contributed by atoms with Gasteiger partial charge in [-0.2, -0.15) is 0 Å². The summed E-state index contributed by atoms with van der Waals surface area (Å²) in [7, 11) is 3.09. The van der Waals surface area contributed by atoms with Gasteiger partial charge in [0.05, 0.1) is 31.2 Å². The molecule has 0 atom stereocenters. The van der Waals surface area contributed by atoms with Crippen molar-refractivity contribution in [2.45, 2.75) is 6.92 Å². The Morgan fingerprint density at radius 2 is 2.05 bits per heavy atom. The van der Waals surface area contributed by atoms with Gasteiger partial charge in [-0.15, -0.1) is 0 Å². The van der Waals surface area contributed by atoms with Gasteiger partial charge < -0.3 is 14.8 Å². The fourth-order valence-electron chi connectivity index (χ4n) is 1.72. The molecule has 0 saturated heterocycles. The van der Waals surface area contributed by atoms with E-state index in [0.29, 0.717) is 28.4 Å². The number of aryl methyl sites for hydroxylation is 1. The Morgan fingerprint density at radius 1 is 1.25 bits per heavy atom. The van der Waals surface area contributed by atoms with E-state index in [0.717, 1.165) is 0 Å². The fraction of sp³-hybridized carbons (Fsp3) is 0.214. The van der Waals surface area contributed by atoms with Crippen LogP contribution in [0.4, 0.5) is 5.69 Å². The van der Waals surface area contributed by atoms with Crippen LogP contribution in [0.3, 0.4) is 0 Å². The third-order valence-corrected chi connectivity index (χ3v) is 2.81. The molecule has 1 N–H and O–H groups in total. The topological polar surface area (TPSA) is 73.3 Å². The third kappa shape index (κ3) is 2.85. The summed E-state index contributed by atoms with van der Waals surface area (Å²) in [6.07, 6.45) is 2.88. The number of benzene rings is 1. The van der Waals surface area contributed by atoms with Crippen LogP contribution < -0.4 is 14.8 Å². The van der Waals surface area contributed by atoms with E-state index in [-0.39, 0.29) is 5.91 Å². The predicted octanol–water partition coefficient (Wildman–Crippen LogP) is 2.05. The summed E-state index contributed by atoms with van der Waals surface area (Å²) in [4.78, 5) is 20.1. The molecule has 1 amide bonds. The van der Waals surface area contributed by atoms with Crippen LogP contribution in [0, 0.1) is 6.92 Å². The molecule has 0 fully saturated rings. The zero-order valence-corrected chi connectivity index (χ0v) is 11.5. The van der Waals surface area contributed by atoms with Gasteiger partial charge in [0.15, 0.2) is 0 Å². The molecule has 0 bridgehead atoms. The normalized spacial score (nSPS) is 9.95. The van der Waals surface area contributed by atoms with Crippen LogP contribution in [-0.2, 0) is 0 Å². The van der Waals surface area contributed by atoms with Gasteiger partial charge in [0.2, 0.25) is 0 Å². The number of amides is 1. The molecule has 6 nitrogen and oxygen atoms in total. The molecule has 2 aromatic rings. The zero-order valence-electron chi connectivity index (χ0n) is 11.5. The van der Waals surface area contributed by atoms with E-state index in [1.165, 1.54) is 19.6 Å². The second-order valence-electron chi connectivity index (χ2n) is 4.04. The minimum absolute atomic E-state index is 0.297. The van der Waals surface area contributed by atoms with E-state index in [2.05, 4.69) is 15.3 Å². The summed E-state index contributed by atoms with van der Waals surface area (Å²) < 4.78 is 10.3. The predicted molar refractivity (Wildman–Crippen MR) is 74.3 cm³/mol. The van der Waals surface area contributed by atoms with Crippen LogP contribution in [-0.4, -0.2) is 30.1 Å². The maximum absolute atomic E-state index is 12.2. The maximum atomic E-state index is 12.2. The summed E-state index contributed by atoms with van der Waals surface area (Å²) in [5.41, 5.74) is 1.55. The number of hydrogen-bond acceptors (Lipinski definition) is 5. The van der Waals surface area contributed by atoms with Crippen molar-refractivity contribution in [3.63, 3.8) is 0 Å². The van der Waals surface area contributed by atoms with Gasteiger partial charge in [0.25, 0.3) is 5.91 Å². The van der Waals surface area contributed by atoms with Gasteiger partial charge in [0.1, 0.15) is 17.8 Å². The molecule has 0 unspecified atom stereocenters. The van der Waals surface area contributed by atoms with Crippen LogP contribution >= 0.6 is 0 Å². The SMILES string of the molecule is COc1ccc(OC)c(NC(=O)c2cncnc2C)c1. The van der Waals surface area contributed by atoms with E-state index in [4.69, 9.17) is 9.47 Å². The largest absolute Gasteiger partial charge is 0.497 e. The molecule has 104 valence electrons. The highest BCUT2D eigenvalue weighted by atomic mass is 16.5. The smallest absolute Gasteiger partial charge is 0.259 e. The van der Waals surface area contributed by atoms with E-state index >= 15 is 0 Å². The Morgan fingerprint density at radius 3 is 2.70 bits per heavy atom. The highest BCUT2D eigenvalue weighted by Crippen LogP contribution is 2.29. The lowest BCUT2D eigenvalue weighted by atomic mass is 10.2. The van der Waals surface area contributed by atoms with Crippen LogP contribution in [0.2, 0.25) is 0 Å². The number of hydrogen-bond donors (Lipinski definition) is 1. The molecule has 0 spiro atoms. The highest BCUT2D eigenvalue weighted by molar-refractivity contribution is 6.05. The first kappa shape index (κ1) is 13.8. The number of nitrogens with one attached hydrogen (secondary N) is 1. The molecule has 6 heteroatoms. The summed E-state index contributed by atoms with van der Waals surface area (Å²) in [6.45, 7) is 1.75. The minimum Gasteiger partial charge on any atom is -0.497 e. The lowest BCUT2D eigenvalue weighted by molar-refractivity contribution is 0.102. The second-order valence-corrected chi connectivity index (χ2v) is 4.04. The molecule has 0 saturated carbocycles. The number of methoxy groups -OCH3 is 2. The molecular weight excluding hydrogens is 258 g/mol. The van der Waals surface area contributed by atoms with Crippen molar-refractivity contribution in [1.82, 2.24) is 9.97 Å². The number of nitrogens with zero attached hydrogens (tertiary/aromatic N) is 2. The lowest BCUT2D eigenvalue weighted by Gasteiger charge is -2.12. The lowest BCUT2D eigenvalue weighted by Crippen LogP contribution is -2.15. The van der Waals surface area contributed by atoms with Crippen molar-refractivity contribution in [3.05, 3.63) is 42.0 Å². The van der Waals surface area contributed by atoms with Gasteiger partial charge >= 0.3 is 0 Å². The summed E-state index contributed by atoms with van der Waals surface area (Å²) in [5.74, 6) is 0.880. The molecule has 0 aliphatic heterocycles. The Labute approximate surface area is 116 Å². The number of ether oxygens (including phenoxy) is 2. The molecule has 0 aliphatic carbocycles. The van der Waals surface area contributed by atoms with Crippen LogP contribution in [0.1, 0.15) is 16.1 Å². The number of anilines is 1. The van der Waals surface area contributed by atoms with Gasteiger partial charge in [-0.05, 0) is 19.1 Å². The van der Waals surface area contributed by atoms with Crippen molar-refractivity contribution in [2.24, 2.45) is 0 Å². The van der Waals surface area contributed by atoms with E-state index < -0.39 is 0 Å². The van der Waals surface area contributed by atoms with Gasteiger partial charge in [-0.1, -0.05) is 0 Å². The van der Waals surface area contributed by atoms with Crippen molar-refractivity contribution in [2.75, 3.05) is 19.5 Å². The van der Waals surface area contributed by atoms with Gasteiger partial charge in [0, 0.05) is 12.3 Å². The molecule has 20 heavy (non-hydrogen) atoms. The second kappa shape index (κ2) is 6.01. The highest BCUT2D eigenvalue weighted by Gasteiger charge is 2.13. The fourth-order valence-corrected chi connectivity index (χ4v) is 1.72. The van der Waals surface area contributed by atoms with Crippen LogP contribution in [0.15, 0.2) is 30.7 Å². The Hall–Kier alpha value is -2.63. The van der Waals surface area contributed by atoms with E-state index in [1.807, 2.05) is 0 Å². The third-order valence-electron chi connectivity index (χ3n) is 2.81. The molecule has 1 aromatic heterocycles. The Kier molecular flexibility index (Phi) is 4.14. The van der Waals surface area contributed by atoms with Gasteiger partial charge in [-0.3, -0.25) is 4.79 Å². The minimum atomic E-state index is -0.297. The Balaban J connectivity index is 2.29. The molecule has 2 rings (SSSR count). The first-order valence-corrected chi connectivity index (χ1v) is 5.95. The number of carbonyl (C=O) groups excluding carboxylic acids is 1. The van der Waals surface area contributed by atoms with Crippen molar-refractivity contribution in [3.8, 4) is 11.5 Å². The first-order chi connectivity index (χ1) is 9.65. The summed E-state index contributed by atoms with van der Waals surface area (Å²) in [5, 5.41) is 2.77. The Bertz CT molecular complexity index is 629. The van der Waals surface area contributed by atoms with E-state index in [1.54, 1.807) is 32.2 Å². The average molecular weight is 273 g/mol. The van der Waals surface area contributed by atoms with Gasteiger partial charge in [-0.25, -0.2) is 9.97 Å². The number of rotatable bonds is 4. The average Bonchev–Trinajstić information content (AvgIpc) is 2.47. The van der Waals surface area contributed by atoms with Crippen LogP contribution in [0.5, 0.6) is 11.5 Å². The van der Waals surface area contributed by atoms with Crippen molar-refractivity contribution < 1.29 is 14.3 Å². The van der Waals surface area contributed by atoms with Crippen LogP contribution in [0.25, 0.3) is 0 Å². The molecule has 1 aromatic carbocycles. The molecule has 0 radical (unpaired) electrons. The first-order valence-electron chi connectivity index (χ1n) is 5.95. The zero-order chi connectivity index (χ0) is 14.5. The summed E-state index contributed by atoms with van der Waals surface area (Å²) in [6, 6.07) is 5.17. The summed E-state index contributed by atoms with van der Waals surface area (Å²) >= 11 is 0. The van der Waals surface area contributed by atoms with Crippen molar-refractivity contribution >= 4 is 11.6 Å². The number of aromatic nitrogens is 2. The standard InChI is InChI=1S/C14H15N3O3/c1-9-11(7-15-8-16-9)14(18)17-12-6-10(19-2)4-5-13(12)20-3/h4-8H,1-3H3,(H,17,18). The van der Waals surface area contributed by atoms with Crippen molar-refractivity contribution in [1.29, 1.82) is 0 Å². The van der Waals surface area contributed by atoms with E-state index in [9.17, 15) is 4.79 Å². The number of carbonyl (C=O) groups is 1. The molecular formula is C14H15N3O3. The molecule has 0 aliphatic rings. The molecule has 1 heterocycles.